The minimum atomic E-state index is -0.784. The van der Waals surface area contributed by atoms with E-state index in [1.807, 2.05) is 18.4 Å². The van der Waals surface area contributed by atoms with Gasteiger partial charge in [0.15, 0.2) is 5.65 Å². The first-order valence-corrected chi connectivity index (χ1v) is 10.8. The molecular formula is C17H16ClN7OS2. The molecule has 4 aromatic rings. The van der Waals surface area contributed by atoms with Crippen molar-refractivity contribution in [3.05, 3.63) is 40.8 Å². The zero-order valence-corrected chi connectivity index (χ0v) is 17.7. The van der Waals surface area contributed by atoms with Crippen LogP contribution in [0.4, 0.5) is 0 Å². The second kappa shape index (κ2) is 7.28. The van der Waals surface area contributed by atoms with E-state index in [1.54, 1.807) is 18.5 Å². The Morgan fingerprint density at radius 2 is 1.93 bits per heavy atom. The molecule has 0 bridgehead atoms. The third-order valence-corrected chi connectivity index (χ3v) is 5.88. The van der Waals surface area contributed by atoms with Crippen molar-refractivity contribution in [2.45, 2.75) is 25.3 Å². The summed E-state index contributed by atoms with van der Waals surface area (Å²) in [6.07, 6.45) is 3.34. The van der Waals surface area contributed by atoms with E-state index in [0.717, 1.165) is 32.8 Å². The van der Waals surface area contributed by atoms with E-state index in [4.69, 9.17) is 32.7 Å². The molecule has 0 radical (unpaired) electrons. The van der Waals surface area contributed by atoms with Gasteiger partial charge in [-0.1, -0.05) is 11.6 Å². The number of pyridine rings is 2. The maximum absolute atomic E-state index is 6.32. The SMILES string of the molecule is COc1nc2nc(C)c3nc(C)n(Cc4ncc(S(N)=S)cn4)c3c2cc1Cl. The molecule has 28 heavy (non-hydrogen) atoms. The van der Waals surface area contributed by atoms with Gasteiger partial charge in [0, 0.05) is 17.8 Å². The fourth-order valence-corrected chi connectivity index (χ4v) is 3.83. The molecule has 4 aromatic heterocycles. The van der Waals surface area contributed by atoms with Crippen LogP contribution in [0.1, 0.15) is 17.3 Å². The van der Waals surface area contributed by atoms with Gasteiger partial charge in [-0.2, -0.15) is 4.98 Å². The molecule has 1 unspecified atom stereocenters. The van der Waals surface area contributed by atoms with Crippen LogP contribution in [0.2, 0.25) is 5.02 Å². The van der Waals surface area contributed by atoms with Crippen molar-refractivity contribution in [3.8, 4) is 5.88 Å². The first-order valence-electron chi connectivity index (χ1n) is 8.23. The largest absolute Gasteiger partial charge is 0.480 e. The number of imidazole rings is 1. The van der Waals surface area contributed by atoms with Crippen LogP contribution in [0.3, 0.4) is 0 Å². The second-order valence-electron chi connectivity index (χ2n) is 6.12. The molecule has 0 aliphatic carbocycles. The van der Waals surface area contributed by atoms with Gasteiger partial charge in [0.25, 0.3) is 0 Å². The smallest absolute Gasteiger partial charge is 0.234 e. The third kappa shape index (κ3) is 3.22. The van der Waals surface area contributed by atoms with Crippen molar-refractivity contribution in [2.24, 2.45) is 5.14 Å². The molecule has 0 fully saturated rings. The number of hydrogen-bond donors (Lipinski definition) is 1. The summed E-state index contributed by atoms with van der Waals surface area (Å²) in [5.74, 6) is 1.78. The highest BCUT2D eigenvalue weighted by Gasteiger charge is 2.18. The summed E-state index contributed by atoms with van der Waals surface area (Å²) < 4.78 is 7.25. The topological polar surface area (TPSA) is 105 Å². The number of hydrogen-bond acceptors (Lipinski definition) is 7. The number of nitrogens with two attached hydrogens (primary N) is 1. The normalized spacial score (nSPS) is 12.6. The number of rotatable bonds is 4. The van der Waals surface area contributed by atoms with Crippen LogP contribution in [0.5, 0.6) is 5.88 Å². The Labute approximate surface area is 172 Å². The highest BCUT2D eigenvalue weighted by Crippen LogP contribution is 2.32. The van der Waals surface area contributed by atoms with Crippen LogP contribution in [-0.2, 0) is 27.4 Å². The third-order valence-electron chi connectivity index (χ3n) is 4.36. The summed E-state index contributed by atoms with van der Waals surface area (Å²) in [5.41, 5.74) is 2.99. The number of aryl methyl sites for hydroxylation is 2. The molecule has 4 rings (SSSR count). The fourth-order valence-electron chi connectivity index (χ4n) is 3.03. The fraction of sp³-hybridized carbons (Fsp3) is 0.235. The molecule has 0 saturated carbocycles. The highest BCUT2D eigenvalue weighted by molar-refractivity contribution is 8.27. The van der Waals surface area contributed by atoms with E-state index < -0.39 is 9.64 Å². The predicted molar refractivity (Wildman–Crippen MR) is 112 cm³/mol. The van der Waals surface area contributed by atoms with Gasteiger partial charge >= 0.3 is 0 Å². The summed E-state index contributed by atoms with van der Waals surface area (Å²) in [7, 11) is 0.740. The van der Waals surface area contributed by atoms with E-state index >= 15 is 0 Å². The summed E-state index contributed by atoms with van der Waals surface area (Å²) in [5, 5.41) is 6.93. The van der Waals surface area contributed by atoms with Gasteiger partial charge in [0.05, 0.1) is 29.8 Å². The van der Waals surface area contributed by atoms with Gasteiger partial charge < -0.3 is 9.30 Å². The zero-order chi connectivity index (χ0) is 20.0. The average Bonchev–Trinajstić information content (AvgIpc) is 3.00. The van der Waals surface area contributed by atoms with Crippen LogP contribution < -0.4 is 9.88 Å². The van der Waals surface area contributed by atoms with E-state index in [9.17, 15) is 0 Å². The Morgan fingerprint density at radius 1 is 1.21 bits per heavy atom. The predicted octanol–water partition coefficient (Wildman–Crippen LogP) is 2.41. The van der Waals surface area contributed by atoms with Crippen molar-refractivity contribution in [1.29, 1.82) is 0 Å². The number of nitrogens with zero attached hydrogens (tertiary/aromatic N) is 6. The van der Waals surface area contributed by atoms with Crippen molar-refractivity contribution in [3.63, 3.8) is 0 Å². The average molecular weight is 434 g/mol. The van der Waals surface area contributed by atoms with Crippen molar-refractivity contribution >= 4 is 54.5 Å². The number of methoxy groups -OCH3 is 1. The molecule has 0 aliphatic heterocycles. The molecule has 4 heterocycles. The number of halogens is 1. The lowest BCUT2D eigenvalue weighted by Gasteiger charge is -2.10. The van der Waals surface area contributed by atoms with E-state index in [-0.39, 0.29) is 0 Å². The van der Waals surface area contributed by atoms with Crippen LogP contribution >= 0.6 is 11.6 Å². The number of fused-ring (bicyclic) bond motifs is 3. The minimum Gasteiger partial charge on any atom is -0.480 e. The first kappa shape index (κ1) is 19.1. The molecule has 2 N–H and O–H groups in total. The lowest BCUT2D eigenvalue weighted by Crippen LogP contribution is -2.08. The summed E-state index contributed by atoms with van der Waals surface area (Å²) >= 11 is 11.4. The lowest BCUT2D eigenvalue weighted by molar-refractivity contribution is 0.399. The van der Waals surface area contributed by atoms with Crippen LogP contribution in [-0.4, -0.2) is 36.6 Å². The lowest BCUT2D eigenvalue weighted by atomic mass is 10.2. The molecule has 0 amide bonds. The van der Waals surface area contributed by atoms with Crippen molar-refractivity contribution in [2.75, 3.05) is 7.11 Å². The maximum Gasteiger partial charge on any atom is 0.234 e. The molecule has 8 nitrogen and oxygen atoms in total. The minimum absolute atomic E-state index is 0.336. The van der Waals surface area contributed by atoms with Crippen LogP contribution in [0.15, 0.2) is 23.4 Å². The molecule has 0 saturated heterocycles. The summed E-state index contributed by atoms with van der Waals surface area (Å²) in [4.78, 5) is 23.2. The monoisotopic (exact) mass is 433 g/mol. The zero-order valence-electron chi connectivity index (χ0n) is 15.3. The number of aromatic nitrogens is 6. The molecule has 0 aliphatic rings. The molecule has 11 heteroatoms. The Bertz CT molecular complexity index is 1240. The summed E-state index contributed by atoms with van der Waals surface area (Å²) in [6, 6.07) is 1.80. The van der Waals surface area contributed by atoms with Gasteiger partial charge in [-0.25, -0.2) is 19.9 Å². The Kier molecular flexibility index (Phi) is 4.96. The van der Waals surface area contributed by atoms with E-state index in [1.165, 1.54) is 7.11 Å². The number of ether oxygens (including phenoxy) is 1. The first-order chi connectivity index (χ1) is 13.4. The Morgan fingerprint density at radius 3 is 2.57 bits per heavy atom. The highest BCUT2D eigenvalue weighted by atomic mass is 35.5. The van der Waals surface area contributed by atoms with Crippen molar-refractivity contribution < 1.29 is 4.74 Å². The van der Waals surface area contributed by atoms with Crippen molar-refractivity contribution in [1.82, 2.24) is 29.5 Å². The van der Waals surface area contributed by atoms with E-state index in [2.05, 4.69) is 24.9 Å². The van der Waals surface area contributed by atoms with Crippen LogP contribution in [0, 0.1) is 13.8 Å². The quantitative estimate of drug-likeness (QED) is 0.523. The Balaban J connectivity index is 1.92. The maximum atomic E-state index is 6.32. The summed E-state index contributed by atoms with van der Waals surface area (Å²) in [6.45, 7) is 4.26. The van der Waals surface area contributed by atoms with Gasteiger partial charge in [-0.05, 0) is 40.7 Å². The van der Waals surface area contributed by atoms with Gasteiger partial charge in [-0.3, -0.25) is 5.14 Å². The van der Waals surface area contributed by atoms with Gasteiger partial charge in [0.2, 0.25) is 5.88 Å². The molecule has 1 atom stereocenters. The van der Waals surface area contributed by atoms with Crippen LogP contribution in [0.25, 0.3) is 22.1 Å². The molecule has 0 spiro atoms. The standard InChI is InChI=1S/C17H16ClN7OS2/c1-8-14-15(11-4-12(18)17(26-3)24-16(11)22-8)25(9(2)23-14)7-13-20-5-10(6-21-13)28(19)27/h4-6H,7,19H2,1-3H3. The Hall–Kier alpha value is -2.27. The molecule has 0 aromatic carbocycles. The van der Waals surface area contributed by atoms with Gasteiger partial charge in [-0.15, -0.1) is 0 Å². The molecular weight excluding hydrogens is 418 g/mol. The van der Waals surface area contributed by atoms with Gasteiger partial charge in [0.1, 0.15) is 22.2 Å². The molecule has 144 valence electrons. The van der Waals surface area contributed by atoms with E-state index in [0.29, 0.717) is 28.9 Å². The second-order valence-corrected chi connectivity index (χ2v) is 8.67.